The Labute approximate surface area is 165 Å². The Kier molecular flexibility index (Phi) is 5.42. The van der Waals surface area contributed by atoms with Crippen molar-refractivity contribution in [2.75, 3.05) is 0 Å². The minimum atomic E-state index is -4.44. The summed E-state index contributed by atoms with van der Waals surface area (Å²) in [5.74, 6) is 0.632. The third-order valence-corrected chi connectivity index (χ3v) is 4.45. The van der Waals surface area contributed by atoms with Gasteiger partial charge in [-0.25, -0.2) is 9.78 Å². The first-order valence-corrected chi connectivity index (χ1v) is 9.40. The second kappa shape index (κ2) is 7.53. The molecular weight excluding hydrogens is 385 g/mol. The first kappa shape index (κ1) is 20.9. The Bertz CT molecular complexity index is 1140. The Balaban J connectivity index is 2.30. The number of hydrogen-bond acceptors (Lipinski definition) is 3. The smallest absolute Gasteiger partial charge is 0.318 e. The molecule has 0 amide bonds. The average Bonchev–Trinajstić information content (AvgIpc) is 2.96. The van der Waals surface area contributed by atoms with Crippen molar-refractivity contribution in [2.24, 2.45) is 11.8 Å². The lowest BCUT2D eigenvalue weighted by Gasteiger charge is -2.12. The lowest BCUT2D eigenvalue weighted by Crippen LogP contribution is -2.32. The standard InChI is InChI=1S/C20H23F3N4O2/c1-11(2)9-26-15-17(27(10-12(3)4)19(29)25-18(15)28)24-16(26)13-5-7-14(8-6-13)20(21,22)23/h5-8,11-12H,9-10H2,1-4H3,(H,25,28,29). The van der Waals surface area contributed by atoms with Gasteiger partial charge in [-0.1, -0.05) is 39.8 Å². The topological polar surface area (TPSA) is 72.7 Å². The van der Waals surface area contributed by atoms with E-state index in [4.69, 9.17) is 0 Å². The van der Waals surface area contributed by atoms with Crippen molar-refractivity contribution in [2.45, 2.75) is 47.0 Å². The van der Waals surface area contributed by atoms with Crippen molar-refractivity contribution in [3.05, 3.63) is 50.7 Å². The zero-order valence-electron chi connectivity index (χ0n) is 16.7. The van der Waals surface area contributed by atoms with Gasteiger partial charge in [-0.2, -0.15) is 13.2 Å². The van der Waals surface area contributed by atoms with Crippen molar-refractivity contribution < 1.29 is 13.2 Å². The fourth-order valence-corrected chi connectivity index (χ4v) is 3.28. The second-order valence-electron chi connectivity index (χ2n) is 7.95. The van der Waals surface area contributed by atoms with Crippen molar-refractivity contribution in [1.82, 2.24) is 19.1 Å². The van der Waals surface area contributed by atoms with Crippen LogP contribution in [-0.2, 0) is 19.3 Å². The van der Waals surface area contributed by atoms with Gasteiger partial charge >= 0.3 is 11.9 Å². The molecule has 0 atom stereocenters. The number of hydrogen-bond donors (Lipinski definition) is 1. The van der Waals surface area contributed by atoms with E-state index in [2.05, 4.69) is 9.97 Å². The molecule has 0 radical (unpaired) electrons. The van der Waals surface area contributed by atoms with E-state index in [0.717, 1.165) is 12.1 Å². The first-order chi connectivity index (χ1) is 13.5. The molecule has 1 N–H and O–H groups in total. The molecule has 0 spiro atoms. The van der Waals surface area contributed by atoms with Gasteiger partial charge in [0.05, 0.1) is 5.56 Å². The fourth-order valence-electron chi connectivity index (χ4n) is 3.28. The van der Waals surface area contributed by atoms with E-state index in [9.17, 15) is 22.8 Å². The van der Waals surface area contributed by atoms with Gasteiger partial charge in [0.1, 0.15) is 5.82 Å². The van der Waals surface area contributed by atoms with Crippen LogP contribution in [0.15, 0.2) is 33.9 Å². The molecule has 0 aliphatic carbocycles. The highest BCUT2D eigenvalue weighted by atomic mass is 19.4. The van der Waals surface area contributed by atoms with E-state index in [-0.39, 0.29) is 23.0 Å². The van der Waals surface area contributed by atoms with Crippen LogP contribution in [0.5, 0.6) is 0 Å². The van der Waals surface area contributed by atoms with E-state index in [1.165, 1.54) is 16.7 Å². The van der Waals surface area contributed by atoms with Crippen molar-refractivity contribution in [3.63, 3.8) is 0 Å². The number of benzene rings is 1. The molecule has 2 heterocycles. The van der Waals surface area contributed by atoms with Crippen molar-refractivity contribution >= 4 is 11.2 Å². The van der Waals surface area contributed by atoms with Crippen molar-refractivity contribution in [1.29, 1.82) is 0 Å². The van der Waals surface area contributed by atoms with Crippen LogP contribution < -0.4 is 11.2 Å². The third kappa shape index (κ3) is 4.13. The van der Waals surface area contributed by atoms with Crippen LogP contribution in [-0.4, -0.2) is 19.1 Å². The van der Waals surface area contributed by atoms with Gasteiger partial charge in [-0.3, -0.25) is 14.3 Å². The van der Waals surface area contributed by atoms with Crippen LogP contribution in [0.1, 0.15) is 33.3 Å². The molecule has 3 aromatic rings. The van der Waals surface area contributed by atoms with E-state index < -0.39 is 23.0 Å². The highest BCUT2D eigenvalue weighted by Gasteiger charge is 2.30. The highest BCUT2D eigenvalue weighted by molar-refractivity contribution is 5.77. The van der Waals surface area contributed by atoms with Crippen molar-refractivity contribution in [3.8, 4) is 11.4 Å². The largest absolute Gasteiger partial charge is 0.416 e. The monoisotopic (exact) mass is 408 g/mol. The second-order valence-corrected chi connectivity index (χ2v) is 7.95. The Morgan fingerprint density at radius 2 is 1.52 bits per heavy atom. The predicted octanol–water partition coefficient (Wildman–Crippen LogP) is 3.88. The predicted molar refractivity (Wildman–Crippen MR) is 105 cm³/mol. The fraction of sp³-hybridized carbons (Fsp3) is 0.450. The molecule has 0 aliphatic rings. The summed E-state index contributed by atoms with van der Waals surface area (Å²) in [7, 11) is 0. The maximum atomic E-state index is 12.9. The lowest BCUT2D eigenvalue weighted by molar-refractivity contribution is -0.137. The molecule has 0 saturated heterocycles. The van der Waals surface area contributed by atoms with Gasteiger partial charge in [-0.05, 0) is 24.0 Å². The van der Waals surface area contributed by atoms with Crippen LogP contribution in [0, 0.1) is 11.8 Å². The molecule has 3 rings (SSSR count). The number of aromatic nitrogens is 4. The quantitative estimate of drug-likeness (QED) is 0.696. The van der Waals surface area contributed by atoms with Gasteiger partial charge in [-0.15, -0.1) is 0 Å². The van der Waals surface area contributed by atoms with E-state index in [1.54, 1.807) is 4.57 Å². The summed E-state index contributed by atoms with van der Waals surface area (Å²) in [6.45, 7) is 8.57. The lowest BCUT2D eigenvalue weighted by atomic mass is 10.1. The molecule has 29 heavy (non-hydrogen) atoms. The Hall–Kier alpha value is -2.84. The number of nitrogens with zero attached hydrogens (tertiary/aromatic N) is 3. The maximum absolute atomic E-state index is 12.9. The summed E-state index contributed by atoms with van der Waals surface area (Å²) in [4.78, 5) is 31.8. The van der Waals surface area contributed by atoms with Crippen LogP contribution >= 0.6 is 0 Å². The third-order valence-electron chi connectivity index (χ3n) is 4.45. The summed E-state index contributed by atoms with van der Waals surface area (Å²) in [5.41, 5.74) is -0.947. The summed E-state index contributed by atoms with van der Waals surface area (Å²) < 4.78 is 41.8. The van der Waals surface area contributed by atoms with Gasteiger partial charge in [0.15, 0.2) is 11.2 Å². The Morgan fingerprint density at radius 3 is 2.03 bits per heavy atom. The minimum Gasteiger partial charge on any atom is -0.318 e. The molecule has 2 aromatic heterocycles. The normalized spacial score (nSPS) is 12.4. The molecule has 0 saturated carbocycles. The van der Waals surface area contributed by atoms with Gasteiger partial charge in [0, 0.05) is 18.7 Å². The Morgan fingerprint density at radius 1 is 0.966 bits per heavy atom. The van der Waals surface area contributed by atoms with Crippen LogP contribution in [0.25, 0.3) is 22.6 Å². The zero-order valence-corrected chi connectivity index (χ0v) is 16.7. The molecule has 0 fully saturated rings. The average molecular weight is 408 g/mol. The van der Waals surface area contributed by atoms with E-state index in [0.29, 0.717) is 24.5 Å². The molecule has 156 valence electrons. The molecule has 0 bridgehead atoms. The molecular formula is C20H23F3N4O2. The number of H-pyrrole nitrogens is 1. The molecule has 0 aliphatic heterocycles. The number of rotatable bonds is 5. The van der Waals surface area contributed by atoms with Crippen LogP contribution in [0.3, 0.4) is 0 Å². The SMILES string of the molecule is CC(C)Cn1c(-c2ccc(C(F)(F)F)cc2)nc2c1c(=O)[nH]c(=O)n2CC(C)C. The van der Waals surface area contributed by atoms with Gasteiger partial charge < -0.3 is 4.57 Å². The van der Waals surface area contributed by atoms with Gasteiger partial charge in [0.2, 0.25) is 0 Å². The molecule has 1 aromatic carbocycles. The zero-order chi connectivity index (χ0) is 21.5. The highest BCUT2D eigenvalue weighted by Crippen LogP contribution is 2.31. The number of nitrogens with one attached hydrogen (secondary N) is 1. The molecule has 9 heteroatoms. The molecule has 6 nitrogen and oxygen atoms in total. The van der Waals surface area contributed by atoms with Crippen LogP contribution in [0.4, 0.5) is 13.2 Å². The maximum Gasteiger partial charge on any atom is 0.416 e. The molecule has 0 unspecified atom stereocenters. The van der Waals surface area contributed by atoms with Crippen LogP contribution in [0.2, 0.25) is 0 Å². The first-order valence-electron chi connectivity index (χ1n) is 9.40. The summed E-state index contributed by atoms with van der Waals surface area (Å²) in [5, 5.41) is 0. The number of aromatic amines is 1. The summed E-state index contributed by atoms with van der Waals surface area (Å²) in [6.07, 6.45) is -4.44. The summed E-state index contributed by atoms with van der Waals surface area (Å²) >= 11 is 0. The van der Waals surface area contributed by atoms with E-state index >= 15 is 0 Å². The number of alkyl halides is 3. The van der Waals surface area contributed by atoms with Gasteiger partial charge in [0.25, 0.3) is 5.56 Å². The minimum absolute atomic E-state index is 0.131. The number of imidazole rings is 1. The number of fused-ring (bicyclic) bond motifs is 1. The van der Waals surface area contributed by atoms with E-state index in [1.807, 2.05) is 27.7 Å². The summed E-state index contributed by atoms with van der Waals surface area (Å²) in [6, 6.07) is 4.64. The number of halogens is 3.